The van der Waals surface area contributed by atoms with Gasteiger partial charge in [-0.15, -0.1) is 0 Å². The van der Waals surface area contributed by atoms with Crippen LogP contribution in [0.25, 0.3) is 0 Å². The van der Waals surface area contributed by atoms with E-state index in [1.165, 1.54) is 6.07 Å². The van der Waals surface area contributed by atoms with Crippen molar-refractivity contribution >= 4 is 5.91 Å². The molecule has 0 bridgehead atoms. The molecule has 0 fully saturated rings. The molecule has 0 spiro atoms. The first-order valence-electron chi connectivity index (χ1n) is 7.60. The van der Waals surface area contributed by atoms with E-state index in [0.717, 1.165) is 12.8 Å². The molecule has 118 valence electrons. The molecule has 0 unspecified atom stereocenters. The molecule has 0 radical (unpaired) electrons. The van der Waals surface area contributed by atoms with Crippen LogP contribution in [0.5, 0.6) is 5.75 Å². The molecule has 2 N–H and O–H groups in total. The standard InChI is InChI=1S/C16H26N2O3/c1-5-12(6-2)16(20)18-8-13-7-14(19)15(9-17-13)21-10-11(3)4/h7,9,11-12H,5-6,8,10H2,1-4H3,(H,17,19)(H,18,20). The number of hydrogen-bond donors (Lipinski definition) is 2. The van der Waals surface area contributed by atoms with Crippen LogP contribution < -0.4 is 15.5 Å². The fourth-order valence-electron chi connectivity index (χ4n) is 1.96. The summed E-state index contributed by atoms with van der Waals surface area (Å²) in [6.45, 7) is 8.88. The molecule has 0 saturated heterocycles. The van der Waals surface area contributed by atoms with E-state index in [-0.39, 0.29) is 17.3 Å². The third-order valence-electron chi connectivity index (χ3n) is 3.32. The lowest BCUT2D eigenvalue weighted by molar-refractivity contribution is -0.125. The molecule has 1 aromatic heterocycles. The van der Waals surface area contributed by atoms with Gasteiger partial charge in [0, 0.05) is 23.9 Å². The minimum absolute atomic E-state index is 0.0287. The first-order chi connectivity index (χ1) is 9.97. The highest BCUT2D eigenvalue weighted by molar-refractivity contribution is 5.78. The second-order valence-corrected chi connectivity index (χ2v) is 5.62. The molecule has 0 atom stereocenters. The summed E-state index contributed by atoms with van der Waals surface area (Å²) in [7, 11) is 0. The highest BCUT2D eigenvalue weighted by Gasteiger charge is 2.13. The van der Waals surface area contributed by atoms with E-state index in [2.05, 4.69) is 10.3 Å². The van der Waals surface area contributed by atoms with Crippen molar-refractivity contribution in [2.75, 3.05) is 6.61 Å². The van der Waals surface area contributed by atoms with Gasteiger partial charge in [-0.05, 0) is 18.8 Å². The van der Waals surface area contributed by atoms with Gasteiger partial charge in [-0.3, -0.25) is 9.59 Å². The smallest absolute Gasteiger partial charge is 0.223 e. The molecule has 0 aliphatic heterocycles. The molecule has 5 nitrogen and oxygen atoms in total. The molecule has 0 aliphatic rings. The largest absolute Gasteiger partial charge is 0.488 e. The average Bonchev–Trinajstić information content (AvgIpc) is 2.45. The summed E-state index contributed by atoms with van der Waals surface area (Å²) in [5.74, 6) is 0.744. The number of pyridine rings is 1. The van der Waals surface area contributed by atoms with Crippen LogP contribution in [-0.2, 0) is 11.3 Å². The predicted molar refractivity (Wildman–Crippen MR) is 83.3 cm³/mol. The third-order valence-corrected chi connectivity index (χ3v) is 3.32. The fraction of sp³-hybridized carbons (Fsp3) is 0.625. The Balaban J connectivity index is 2.60. The molecule has 5 heteroatoms. The Kier molecular flexibility index (Phi) is 6.99. The molecular formula is C16H26N2O3. The maximum absolute atomic E-state index is 11.9. The van der Waals surface area contributed by atoms with Crippen molar-refractivity contribution in [2.24, 2.45) is 11.8 Å². The third kappa shape index (κ3) is 5.61. The molecule has 0 aromatic carbocycles. The Morgan fingerprint density at radius 1 is 1.33 bits per heavy atom. The zero-order valence-electron chi connectivity index (χ0n) is 13.4. The average molecular weight is 294 g/mol. The molecule has 1 aromatic rings. The first-order valence-corrected chi connectivity index (χ1v) is 7.60. The minimum atomic E-state index is -0.166. The summed E-state index contributed by atoms with van der Waals surface area (Å²) in [5, 5.41) is 2.85. The van der Waals surface area contributed by atoms with E-state index < -0.39 is 0 Å². The van der Waals surface area contributed by atoms with Crippen LogP contribution in [0.2, 0.25) is 0 Å². The molecule has 1 heterocycles. The zero-order chi connectivity index (χ0) is 15.8. The van der Waals surface area contributed by atoms with E-state index in [4.69, 9.17) is 4.74 Å². The Morgan fingerprint density at radius 2 is 2.00 bits per heavy atom. The van der Waals surface area contributed by atoms with E-state index >= 15 is 0 Å². The second-order valence-electron chi connectivity index (χ2n) is 5.62. The van der Waals surface area contributed by atoms with Crippen LogP contribution in [-0.4, -0.2) is 17.5 Å². The van der Waals surface area contributed by atoms with Gasteiger partial charge < -0.3 is 15.0 Å². The number of ether oxygens (including phenoxy) is 1. The number of H-pyrrole nitrogens is 1. The van der Waals surface area contributed by atoms with Gasteiger partial charge in [-0.25, -0.2) is 0 Å². The Hall–Kier alpha value is -1.78. The number of carbonyl (C=O) groups is 1. The van der Waals surface area contributed by atoms with Gasteiger partial charge in [0.2, 0.25) is 11.3 Å². The van der Waals surface area contributed by atoms with Crippen molar-refractivity contribution in [3.05, 3.63) is 28.2 Å². The van der Waals surface area contributed by atoms with E-state index in [1.807, 2.05) is 27.7 Å². The van der Waals surface area contributed by atoms with Crippen LogP contribution in [0.15, 0.2) is 17.1 Å². The van der Waals surface area contributed by atoms with Crippen LogP contribution in [0.3, 0.4) is 0 Å². The molecule has 1 rings (SSSR count). The van der Waals surface area contributed by atoms with Crippen LogP contribution in [0.1, 0.15) is 46.2 Å². The lowest BCUT2D eigenvalue weighted by Gasteiger charge is -2.13. The number of aromatic amines is 1. The summed E-state index contributed by atoms with van der Waals surface area (Å²) in [4.78, 5) is 26.8. The lowest BCUT2D eigenvalue weighted by Crippen LogP contribution is -2.30. The van der Waals surface area contributed by atoms with Crippen molar-refractivity contribution in [1.82, 2.24) is 10.3 Å². The number of nitrogens with one attached hydrogen (secondary N) is 2. The number of amides is 1. The van der Waals surface area contributed by atoms with Gasteiger partial charge in [-0.2, -0.15) is 0 Å². The summed E-state index contributed by atoms with van der Waals surface area (Å²) in [6.07, 6.45) is 3.20. The van der Waals surface area contributed by atoms with E-state index in [0.29, 0.717) is 30.5 Å². The number of rotatable bonds is 8. The lowest BCUT2D eigenvalue weighted by atomic mass is 10.0. The van der Waals surface area contributed by atoms with Gasteiger partial charge in [0.05, 0.1) is 13.2 Å². The number of hydrogen-bond acceptors (Lipinski definition) is 3. The van der Waals surface area contributed by atoms with Gasteiger partial charge in [0.1, 0.15) is 0 Å². The van der Waals surface area contributed by atoms with Crippen LogP contribution >= 0.6 is 0 Å². The van der Waals surface area contributed by atoms with Crippen molar-refractivity contribution in [1.29, 1.82) is 0 Å². The highest BCUT2D eigenvalue weighted by Crippen LogP contribution is 2.08. The van der Waals surface area contributed by atoms with E-state index in [1.54, 1.807) is 6.20 Å². The zero-order valence-corrected chi connectivity index (χ0v) is 13.4. The van der Waals surface area contributed by atoms with E-state index in [9.17, 15) is 9.59 Å². The Morgan fingerprint density at radius 3 is 2.52 bits per heavy atom. The van der Waals surface area contributed by atoms with Crippen LogP contribution in [0.4, 0.5) is 0 Å². The summed E-state index contributed by atoms with van der Waals surface area (Å²) >= 11 is 0. The fourth-order valence-corrected chi connectivity index (χ4v) is 1.96. The quantitative estimate of drug-likeness (QED) is 0.773. The number of carbonyl (C=O) groups excluding carboxylic acids is 1. The first kappa shape index (κ1) is 17.3. The number of aromatic nitrogens is 1. The Labute approximate surface area is 126 Å². The monoisotopic (exact) mass is 294 g/mol. The van der Waals surface area contributed by atoms with Gasteiger partial charge in [0.15, 0.2) is 5.75 Å². The maximum Gasteiger partial charge on any atom is 0.223 e. The summed E-state index contributed by atoms with van der Waals surface area (Å²) < 4.78 is 5.42. The summed E-state index contributed by atoms with van der Waals surface area (Å²) in [5.41, 5.74) is 0.511. The molecular weight excluding hydrogens is 268 g/mol. The van der Waals surface area contributed by atoms with Gasteiger partial charge in [-0.1, -0.05) is 27.7 Å². The van der Waals surface area contributed by atoms with Gasteiger partial charge >= 0.3 is 0 Å². The van der Waals surface area contributed by atoms with Crippen molar-refractivity contribution in [3.63, 3.8) is 0 Å². The van der Waals surface area contributed by atoms with Crippen LogP contribution in [0, 0.1) is 11.8 Å². The van der Waals surface area contributed by atoms with Crippen molar-refractivity contribution in [2.45, 2.75) is 47.1 Å². The van der Waals surface area contributed by atoms with Crippen molar-refractivity contribution < 1.29 is 9.53 Å². The predicted octanol–water partition coefficient (Wildman–Crippen LogP) is 2.46. The SMILES string of the molecule is CCC(CC)C(=O)NCc1cc(=O)c(OCC(C)C)c[nH]1. The molecule has 0 aliphatic carbocycles. The topological polar surface area (TPSA) is 71.2 Å². The second kappa shape index (κ2) is 8.49. The summed E-state index contributed by atoms with van der Waals surface area (Å²) in [6, 6.07) is 1.48. The molecule has 21 heavy (non-hydrogen) atoms. The Bertz CT molecular complexity index is 504. The normalized spacial score (nSPS) is 11.0. The molecule has 1 amide bonds. The van der Waals surface area contributed by atoms with Crippen molar-refractivity contribution in [3.8, 4) is 5.75 Å². The maximum atomic E-state index is 11.9. The molecule has 0 saturated carbocycles. The van der Waals surface area contributed by atoms with Gasteiger partial charge in [0.25, 0.3) is 0 Å². The highest BCUT2D eigenvalue weighted by atomic mass is 16.5. The minimum Gasteiger partial charge on any atom is -0.488 e.